The molecule has 15 heteroatoms. The van der Waals surface area contributed by atoms with E-state index >= 15 is 0 Å². The van der Waals surface area contributed by atoms with Crippen LogP contribution in [0.1, 0.15) is 35.2 Å². The molecule has 2 saturated heterocycles. The minimum absolute atomic E-state index is 0.0485. The van der Waals surface area contributed by atoms with E-state index in [0.717, 1.165) is 0 Å². The van der Waals surface area contributed by atoms with Crippen molar-refractivity contribution >= 4 is 34.7 Å². The molecule has 0 bridgehead atoms. The molecule has 45 heavy (non-hydrogen) atoms. The normalized spacial score (nSPS) is 24.5. The lowest BCUT2D eigenvalue weighted by molar-refractivity contribution is -0.277. The fourth-order valence-electron chi connectivity index (χ4n) is 5.34. The second kappa shape index (κ2) is 13.1. The Morgan fingerprint density at radius 2 is 1.62 bits per heavy atom. The first kappa shape index (κ1) is 31.7. The van der Waals surface area contributed by atoms with Crippen LogP contribution in [-0.2, 0) is 19.7 Å². The second-order valence-corrected chi connectivity index (χ2v) is 10.7. The van der Waals surface area contributed by atoms with Crippen molar-refractivity contribution in [1.29, 1.82) is 0 Å². The summed E-state index contributed by atoms with van der Waals surface area (Å²) in [5.41, 5.74) is -2.35. The molecule has 7 N–H and O–H groups in total. The Kier molecular flexibility index (Phi) is 9.27. The Morgan fingerprint density at radius 1 is 0.911 bits per heavy atom. The van der Waals surface area contributed by atoms with E-state index in [1.165, 1.54) is 24.3 Å². The number of hydrogen-bond acceptors (Lipinski definition) is 12. The lowest BCUT2D eigenvalue weighted by Crippen LogP contribution is -2.64. The Hall–Kier alpha value is -4.67. The maximum Gasteiger partial charge on any atom is 0.349 e. The van der Waals surface area contributed by atoms with E-state index in [2.05, 4.69) is 16.0 Å². The number of barbiturate groups is 1. The highest BCUT2D eigenvalue weighted by Crippen LogP contribution is 2.33. The van der Waals surface area contributed by atoms with Crippen LogP contribution in [0.3, 0.4) is 0 Å². The molecule has 2 aliphatic heterocycles. The number of aliphatic hydroxyl groups is 4. The first-order valence-corrected chi connectivity index (χ1v) is 14.1. The van der Waals surface area contributed by atoms with E-state index in [-0.39, 0.29) is 29.9 Å². The number of carbonyl (C=O) groups is 4. The third kappa shape index (κ3) is 6.29. The van der Waals surface area contributed by atoms with Crippen LogP contribution in [0.25, 0.3) is 11.0 Å². The fourth-order valence-corrected chi connectivity index (χ4v) is 5.34. The van der Waals surface area contributed by atoms with Crippen molar-refractivity contribution in [3.63, 3.8) is 0 Å². The van der Waals surface area contributed by atoms with Gasteiger partial charge in [0, 0.05) is 18.0 Å². The summed E-state index contributed by atoms with van der Waals surface area (Å²) < 4.78 is 16.2. The Bertz CT molecular complexity index is 1640. The van der Waals surface area contributed by atoms with Crippen LogP contribution in [0.15, 0.2) is 63.8 Å². The van der Waals surface area contributed by atoms with Gasteiger partial charge in [0.1, 0.15) is 41.3 Å². The fraction of sp³-hybridized carbons (Fsp3) is 0.367. The predicted octanol–water partition coefficient (Wildman–Crippen LogP) is -0.824. The van der Waals surface area contributed by atoms with E-state index in [1.807, 2.05) is 0 Å². The predicted molar refractivity (Wildman–Crippen MR) is 153 cm³/mol. The van der Waals surface area contributed by atoms with Gasteiger partial charge >= 0.3 is 11.7 Å². The largest absolute Gasteiger partial charge is 0.462 e. The number of aliphatic hydroxyl groups excluding tert-OH is 4. The van der Waals surface area contributed by atoms with Crippen LogP contribution in [0.2, 0.25) is 0 Å². The molecule has 2 aromatic carbocycles. The highest BCUT2D eigenvalue weighted by Gasteiger charge is 2.51. The van der Waals surface area contributed by atoms with Crippen LogP contribution in [-0.4, -0.2) is 88.0 Å². The number of hydrogen-bond donors (Lipinski definition) is 7. The number of urea groups is 1. The zero-order valence-corrected chi connectivity index (χ0v) is 23.7. The molecule has 2 fully saturated rings. The number of ether oxygens (including phenoxy) is 2. The Balaban J connectivity index is 1.20. The summed E-state index contributed by atoms with van der Waals surface area (Å²) in [6, 6.07) is 13.0. The van der Waals surface area contributed by atoms with Gasteiger partial charge < -0.3 is 39.6 Å². The first-order valence-electron chi connectivity index (χ1n) is 14.1. The summed E-state index contributed by atoms with van der Waals surface area (Å²) in [5, 5.41) is 46.7. The number of fused-ring (bicyclic) bond motifs is 1. The molecule has 5 atom stereocenters. The van der Waals surface area contributed by atoms with Gasteiger partial charge in [-0.1, -0.05) is 30.3 Å². The second-order valence-electron chi connectivity index (χ2n) is 10.7. The molecule has 3 heterocycles. The summed E-state index contributed by atoms with van der Waals surface area (Å²) in [7, 11) is 0. The number of imide groups is 2. The number of nitrogens with one attached hydrogen (secondary N) is 3. The van der Waals surface area contributed by atoms with Gasteiger partial charge in [0.25, 0.3) is 5.91 Å². The summed E-state index contributed by atoms with van der Waals surface area (Å²) in [6.07, 6.45) is -6.73. The average Bonchev–Trinajstić information content (AvgIpc) is 3.02. The van der Waals surface area contributed by atoms with Crippen LogP contribution in [0.5, 0.6) is 5.75 Å². The molecule has 238 valence electrons. The van der Waals surface area contributed by atoms with E-state index in [9.17, 15) is 44.4 Å². The van der Waals surface area contributed by atoms with Gasteiger partial charge in [-0.2, -0.15) is 0 Å². The summed E-state index contributed by atoms with van der Waals surface area (Å²) in [6.45, 7) is -0.525. The zero-order chi connectivity index (χ0) is 32.3. The van der Waals surface area contributed by atoms with Crippen LogP contribution in [0, 0.1) is 0 Å². The van der Waals surface area contributed by atoms with Crippen molar-refractivity contribution < 1.29 is 53.5 Å². The van der Waals surface area contributed by atoms with Crippen molar-refractivity contribution in [1.82, 2.24) is 16.0 Å². The lowest BCUT2D eigenvalue weighted by Gasteiger charge is -2.39. The molecule has 0 spiro atoms. The van der Waals surface area contributed by atoms with Gasteiger partial charge in [-0.25, -0.2) is 9.59 Å². The summed E-state index contributed by atoms with van der Waals surface area (Å²) in [5.74, 6) is -2.10. The van der Waals surface area contributed by atoms with Gasteiger partial charge in [0.2, 0.25) is 18.1 Å². The molecule has 0 aliphatic carbocycles. The molecular weight excluding hydrogens is 594 g/mol. The van der Waals surface area contributed by atoms with E-state index in [4.69, 9.17) is 13.9 Å². The van der Waals surface area contributed by atoms with Crippen molar-refractivity contribution in [2.45, 2.75) is 55.4 Å². The van der Waals surface area contributed by atoms with E-state index < -0.39 is 72.1 Å². The molecule has 0 radical (unpaired) electrons. The SMILES string of the molecule is O=C1NC(=O)C(CCCCNC(=O)c2cc3ccc(O[C@@H]4O[C@H](CO)[C@H](O)[C@H](O)[C@H]4O)cc3oc2=O)(c2ccccc2)C(=O)N1. The molecule has 3 aromatic rings. The van der Waals surface area contributed by atoms with E-state index in [0.29, 0.717) is 23.8 Å². The smallest absolute Gasteiger partial charge is 0.349 e. The van der Waals surface area contributed by atoms with Crippen LogP contribution >= 0.6 is 0 Å². The van der Waals surface area contributed by atoms with Crippen molar-refractivity contribution in [3.8, 4) is 5.75 Å². The summed E-state index contributed by atoms with van der Waals surface area (Å²) in [4.78, 5) is 62.8. The van der Waals surface area contributed by atoms with Gasteiger partial charge in [-0.3, -0.25) is 25.0 Å². The molecule has 5 amide bonds. The van der Waals surface area contributed by atoms with Crippen LogP contribution < -0.4 is 26.3 Å². The van der Waals surface area contributed by atoms with E-state index in [1.54, 1.807) is 30.3 Å². The van der Waals surface area contributed by atoms with Crippen molar-refractivity contribution in [2.24, 2.45) is 0 Å². The standard InChI is InChI=1S/C30H31N3O12/c34-14-20-21(35)22(36)23(37)26(45-20)43-17-9-8-15-12-18(25(39)44-19(15)13-17)24(38)31-11-5-4-10-30(16-6-2-1-3-7-16)27(40)32-29(42)33-28(30)41/h1-3,6-9,12-13,20-23,26,34-37H,4-5,10-11,14H2,(H,31,38)(H2,32,33,40,41,42)/t20-,21+,22+,23-,26-/m1/s1. The molecular formula is C30H31N3O12. The van der Waals surface area contributed by atoms with Crippen LogP contribution in [0.4, 0.5) is 4.79 Å². The lowest BCUT2D eigenvalue weighted by atomic mass is 9.73. The molecule has 1 aromatic heterocycles. The Morgan fingerprint density at radius 3 is 2.31 bits per heavy atom. The highest BCUT2D eigenvalue weighted by atomic mass is 16.7. The quantitative estimate of drug-likeness (QED) is 0.0832. The number of rotatable bonds is 10. The molecule has 2 aliphatic rings. The monoisotopic (exact) mass is 625 g/mol. The number of carbonyl (C=O) groups excluding carboxylic acids is 4. The van der Waals surface area contributed by atoms with Gasteiger partial charge in [-0.15, -0.1) is 0 Å². The number of amides is 5. The molecule has 15 nitrogen and oxygen atoms in total. The average molecular weight is 626 g/mol. The highest BCUT2D eigenvalue weighted by molar-refractivity contribution is 6.22. The molecule has 0 unspecified atom stereocenters. The third-order valence-corrected chi connectivity index (χ3v) is 7.81. The topological polar surface area (TPSA) is 234 Å². The zero-order valence-electron chi connectivity index (χ0n) is 23.7. The van der Waals surface area contributed by atoms with Crippen molar-refractivity contribution in [2.75, 3.05) is 13.2 Å². The maximum atomic E-state index is 12.9. The Labute approximate surface area is 254 Å². The van der Waals surface area contributed by atoms with Gasteiger partial charge in [0.15, 0.2) is 5.41 Å². The third-order valence-electron chi connectivity index (χ3n) is 7.81. The van der Waals surface area contributed by atoms with Gasteiger partial charge in [0.05, 0.1) is 6.61 Å². The first-order chi connectivity index (χ1) is 21.5. The molecule has 0 saturated carbocycles. The minimum Gasteiger partial charge on any atom is -0.462 e. The number of unbranched alkanes of at least 4 members (excludes halogenated alkanes) is 1. The molecule has 5 rings (SSSR count). The maximum absolute atomic E-state index is 12.9. The summed E-state index contributed by atoms with van der Waals surface area (Å²) >= 11 is 0. The van der Waals surface area contributed by atoms with Crippen molar-refractivity contribution in [3.05, 3.63) is 76.1 Å². The minimum atomic E-state index is -1.64. The number of benzene rings is 2. The van der Waals surface area contributed by atoms with Gasteiger partial charge in [-0.05, 0) is 43.0 Å².